The van der Waals surface area contributed by atoms with E-state index >= 15 is 0 Å². The predicted molar refractivity (Wildman–Crippen MR) is 78.5 cm³/mol. The number of hydroxylamine groups is 1. The van der Waals surface area contributed by atoms with Crippen molar-refractivity contribution in [3.05, 3.63) is 54.3 Å². The fourth-order valence-corrected chi connectivity index (χ4v) is 2.11. The highest BCUT2D eigenvalue weighted by Gasteiger charge is 2.14. The first kappa shape index (κ1) is 13.3. The van der Waals surface area contributed by atoms with Crippen LogP contribution in [0.25, 0.3) is 22.4 Å². The van der Waals surface area contributed by atoms with E-state index in [1.54, 1.807) is 31.4 Å². The summed E-state index contributed by atoms with van der Waals surface area (Å²) in [4.78, 5) is 21.8. The highest BCUT2D eigenvalue weighted by molar-refractivity contribution is 6.06. The van der Waals surface area contributed by atoms with E-state index in [4.69, 9.17) is 9.25 Å². The molecular weight excluding hydrogens is 268 g/mol. The van der Waals surface area contributed by atoms with Crippen molar-refractivity contribution in [2.45, 2.75) is 6.92 Å². The third kappa shape index (κ3) is 2.64. The van der Waals surface area contributed by atoms with Gasteiger partial charge in [0.25, 0.3) is 5.91 Å². The Morgan fingerprint density at radius 3 is 2.90 bits per heavy atom. The van der Waals surface area contributed by atoms with Gasteiger partial charge < -0.3 is 4.42 Å². The standard InChI is InChI=1S/C16H14N2O3/c1-2-21-18-16(19)12-10-14(15-8-5-9-20-15)17-13-7-4-3-6-11(12)13/h3-10H,2H2,1H3,(H,18,19). The highest BCUT2D eigenvalue weighted by atomic mass is 16.6. The van der Waals surface area contributed by atoms with E-state index in [2.05, 4.69) is 10.5 Å². The van der Waals surface area contributed by atoms with Crippen LogP contribution in [0, 0.1) is 0 Å². The molecule has 5 heteroatoms. The zero-order valence-corrected chi connectivity index (χ0v) is 11.5. The van der Waals surface area contributed by atoms with Crippen LogP contribution in [0.3, 0.4) is 0 Å². The number of hydrogen-bond acceptors (Lipinski definition) is 4. The molecule has 2 aromatic heterocycles. The lowest BCUT2D eigenvalue weighted by Crippen LogP contribution is -2.24. The first-order chi connectivity index (χ1) is 10.3. The maximum absolute atomic E-state index is 12.2. The Hall–Kier alpha value is -2.66. The second-order valence-electron chi connectivity index (χ2n) is 4.41. The van der Waals surface area contributed by atoms with Crippen LogP contribution >= 0.6 is 0 Å². The van der Waals surface area contributed by atoms with Crippen LogP contribution in [0.2, 0.25) is 0 Å². The van der Waals surface area contributed by atoms with Gasteiger partial charge in [0.05, 0.1) is 24.0 Å². The third-order valence-corrected chi connectivity index (χ3v) is 3.04. The Kier molecular flexibility index (Phi) is 3.66. The number of para-hydroxylation sites is 1. The van der Waals surface area contributed by atoms with Gasteiger partial charge in [0.15, 0.2) is 5.76 Å². The topological polar surface area (TPSA) is 64.4 Å². The predicted octanol–water partition coefficient (Wildman–Crippen LogP) is 3.18. The summed E-state index contributed by atoms with van der Waals surface area (Å²) in [6, 6.07) is 12.8. The first-order valence-corrected chi connectivity index (χ1v) is 6.65. The molecule has 1 aromatic carbocycles. The van der Waals surface area contributed by atoms with E-state index in [0.717, 1.165) is 10.9 Å². The summed E-state index contributed by atoms with van der Waals surface area (Å²) >= 11 is 0. The number of carbonyl (C=O) groups is 1. The molecule has 0 saturated carbocycles. The SMILES string of the molecule is CCONC(=O)c1cc(-c2ccco2)nc2ccccc12. The molecule has 0 radical (unpaired) electrons. The van der Waals surface area contributed by atoms with Crippen LogP contribution in [-0.2, 0) is 4.84 Å². The fourth-order valence-electron chi connectivity index (χ4n) is 2.11. The van der Waals surface area contributed by atoms with Crippen LogP contribution in [0.15, 0.2) is 53.1 Å². The number of fused-ring (bicyclic) bond motifs is 1. The van der Waals surface area contributed by atoms with Crippen molar-refractivity contribution in [3.63, 3.8) is 0 Å². The molecule has 0 saturated heterocycles. The zero-order chi connectivity index (χ0) is 14.7. The van der Waals surface area contributed by atoms with Crippen molar-refractivity contribution in [2.24, 2.45) is 0 Å². The molecule has 0 aliphatic carbocycles. The van der Waals surface area contributed by atoms with E-state index < -0.39 is 0 Å². The Morgan fingerprint density at radius 1 is 1.29 bits per heavy atom. The largest absolute Gasteiger partial charge is 0.463 e. The van der Waals surface area contributed by atoms with Gasteiger partial charge in [-0.1, -0.05) is 18.2 Å². The molecule has 0 spiro atoms. The van der Waals surface area contributed by atoms with Gasteiger partial charge in [-0.15, -0.1) is 0 Å². The number of nitrogens with one attached hydrogen (secondary N) is 1. The second kappa shape index (κ2) is 5.76. The molecule has 3 rings (SSSR count). The Labute approximate surface area is 121 Å². The van der Waals surface area contributed by atoms with Crippen molar-refractivity contribution >= 4 is 16.8 Å². The van der Waals surface area contributed by atoms with E-state index in [9.17, 15) is 4.79 Å². The Balaban J connectivity index is 2.14. The summed E-state index contributed by atoms with van der Waals surface area (Å²) in [6.07, 6.45) is 1.58. The zero-order valence-electron chi connectivity index (χ0n) is 11.5. The third-order valence-electron chi connectivity index (χ3n) is 3.04. The maximum Gasteiger partial charge on any atom is 0.275 e. The van der Waals surface area contributed by atoms with Gasteiger partial charge in [-0.05, 0) is 31.2 Å². The summed E-state index contributed by atoms with van der Waals surface area (Å²) < 4.78 is 5.36. The number of pyridine rings is 1. The molecule has 0 fully saturated rings. The van der Waals surface area contributed by atoms with E-state index in [1.807, 2.05) is 24.3 Å². The summed E-state index contributed by atoms with van der Waals surface area (Å²) in [5.41, 5.74) is 4.26. The van der Waals surface area contributed by atoms with Crippen LogP contribution in [0.5, 0.6) is 0 Å². The molecule has 1 N–H and O–H groups in total. The molecule has 2 heterocycles. The fraction of sp³-hybridized carbons (Fsp3) is 0.125. The minimum atomic E-state index is -0.303. The number of amides is 1. The van der Waals surface area contributed by atoms with Crippen molar-refractivity contribution in [1.82, 2.24) is 10.5 Å². The number of carbonyl (C=O) groups excluding carboxylic acids is 1. The molecule has 0 atom stereocenters. The number of benzene rings is 1. The second-order valence-corrected chi connectivity index (χ2v) is 4.41. The van der Waals surface area contributed by atoms with Crippen molar-refractivity contribution < 1.29 is 14.0 Å². The monoisotopic (exact) mass is 282 g/mol. The quantitative estimate of drug-likeness (QED) is 0.746. The lowest BCUT2D eigenvalue weighted by atomic mass is 10.1. The van der Waals surface area contributed by atoms with E-state index in [-0.39, 0.29) is 5.91 Å². The molecule has 0 unspecified atom stereocenters. The summed E-state index contributed by atoms with van der Waals surface area (Å²) in [5.74, 6) is 0.314. The highest BCUT2D eigenvalue weighted by Crippen LogP contribution is 2.25. The minimum absolute atomic E-state index is 0.303. The van der Waals surface area contributed by atoms with Gasteiger partial charge in [0.2, 0.25) is 0 Å². The van der Waals surface area contributed by atoms with Gasteiger partial charge in [-0.25, -0.2) is 10.5 Å². The van der Waals surface area contributed by atoms with Gasteiger partial charge >= 0.3 is 0 Å². The number of hydrogen-bond donors (Lipinski definition) is 1. The molecule has 3 aromatic rings. The molecule has 5 nitrogen and oxygen atoms in total. The van der Waals surface area contributed by atoms with Crippen molar-refractivity contribution in [1.29, 1.82) is 0 Å². The Morgan fingerprint density at radius 2 is 2.14 bits per heavy atom. The van der Waals surface area contributed by atoms with Gasteiger partial charge in [0.1, 0.15) is 5.69 Å². The first-order valence-electron chi connectivity index (χ1n) is 6.65. The number of rotatable bonds is 4. The Bertz CT molecular complexity index is 766. The summed E-state index contributed by atoms with van der Waals surface area (Å²) in [7, 11) is 0. The van der Waals surface area contributed by atoms with Crippen LogP contribution in [0.1, 0.15) is 17.3 Å². The van der Waals surface area contributed by atoms with Gasteiger partial charge in [-0.2, -0.15) is 0 Å². The molecular formula is C16H14N2O3. The number of nitrogens with zero attached hydrogens (tertiary/aromatic N) is 1. The minimum Gasteiger partial charge on any atom is -0.463 e. The van der Waals surface area contributed by atoms with Crippen molar-refractivity contribution in [3.8, 4) is 11.5 Å². The summed E-state index contributed by atoms with van der Waals surface area (Å²) in [6.45, 7) is 2.21. The maximum atomic E-state index is 12.2. The van der Waals surface area contributed by atoms with Crippen LogP contribution < -0.4 is 5.48 Å². The average Bonchev–Trinajstić information content (AvgIpc) is 3.06. The van der Waals surface area contributed by atoms with Crippen molar-refractivity contribution in [2.75, 3.05) is 6.61 Å². The average molecular weight is 282 g/mol. The normalized spacial score (nSPS) is 10.7. The summed E-state index contributed by atoms with van der Waals surface area (Å²) in [5, 5.41) is 0.769. The molecule has 0 bridgehead atoms. The number of furan rings is 1. The van der Waals surface area contributed by atoms with Gasteiger partial charge in [0, 0.05) is 5.39 Å². The van der Waals surface area contributed by atoms with Gasteiger partial charge in [-0.3, -0.25) is 9.63 Å². The molecule has 106 valence electrons. The lowest BCUT2D eigenvalue weighted by molar-refractivity contribution is 0.0366. The molecule has 0 aliphatic heterocycles. The van der Waals surface area contributed by atoms with E-state index in [0.29, 0.717) is 23.6 Å². The smallest absolute Gasteiger partial charge is 0.275 e. The van der Waals surface area contributed by atoms with E-state index in [1.165, 1.54) is 0 Å². The number of aromatic nitrogens is 1. The van der Waals surface area contributed by atoms with Crippen LogP contribution in [-0.4, -0.2) is 17.5 Å². The molecule has 1 amide bonds. The van der Waals surface area contributed by atoms with Crippen LogP contribution in [0.4, 0.5) is 0 Å². The molecule has 0 aliphatic rings. The molecule has 21 heavy (non-hydrogen) atoms. The lowest BCUT2D eigenvalue weighted by Gasteiger charge is -2.09.